The van der Waals surface area contributed by atoms with E-state index >= 15 is 0 Å². The van der Waals surface area contributed by atoms with E-state index in [2.05, 4.69) is 19.2 Å². The first-order chi connectivity index (χ1) is 25.5. The normalized spacial score (nSPS) is 13.6. The van der Waals surface area contributed by atoms with Gasteiger partial charge in [-0.05, 0) is 19.3 Å². The van der Waals surface area contributed by atoms with Gasteiger partial charge in [0.2, 0.25) is 5.91 Å². The van der Waals surface area contributed by atoms with E-state index in [-0.39, 0.29) is 18.9 Å². The first-order valence-corrected chi connectivity index (χ1v) is 23.5. The quantitative estimate of drug-likeness (QED) is 0.0371. The molecule has 0 aliphatic carbocycles. The zero-order valence-electron chi connectivity index (χ0n) is 35.2. The largest absolute Gasteiger partial charge is 0.394 e. The van der Waals surface area contributed by atoms with Crippen molar-refractivity contribution in [3.8, 4) is 0 Å². The summed E-state index contributed by atoms with van der Waals surface area (Å²) >= 11 is 0. The summed E-state index contributed by atoms with van der Waals surface area (Å²) in [5.41, 5.74) is 0. The Morgan fingerprint density at radius 3 is 1.12 bits per heavy atom. The second-order valence-electron chi connectivity index (χ2n) is 16.4. The number of carbonyl (C=O) groups excluding carboxylic acids is 1. The Hall–Kier alpha value is -0.910. The summed E-state index contributed by atoms with van der Waals surface area (Å²) in [6.07, 6.45) is 50.8. The van der Waals surface area contributed by atoms with Gasteiger partial charge in [-0.2, -0.15) is 0 Å². The predicted molar refractivity (Wildman–Crippen MR) is 227 cm³/mol. The summed E-state index contributed by atoms with van der Waals surface area (Å²) in [7, 11) is 0. The summed E-state index contributed by atoms with van der Waals surface area (Å²) in [4.78, 5) is 12.4. The van der Waals surface area contributed by atoms with Gasteiger partial charge >= 0.3 is 0 Å². The fraction of sp³-hybridized carbons (Fsp3) is 0.936. The maximum Gasteiger partial charge on any atom is 0.222 e. The summed E-state index contributed by atoms with van der Waals surface area (Å²) in [6.45, 7) is 4.23. The zero-order chi connectivity index (χ0) is 38.0. The third-order valence-electron chi connectivity index (χ3n) is 11.1. The molecule has 0 spiro atoms. The molecule has 0 rings (SSSR count). The monoisotopic (exact) mass is 736 g/mol. The fourth-order valence-electron chi connectivity index (χ4n) is 7.46. The number of rotatable bonds is 43. The number of unbranched alkanes of at least 4 members (excludes halogenated alkanes) is 34. The van der Waals surface area contributed by atoms with Crippen LogP contribution < -0.4 is 5.32 Å². The van der Waals surface area contributed by atoms with Gasteiger partial charge in [0, 0.05) is 0 Å². The molecule has 0 bridgehead atoms. The number of aliphatic hydroxyl groups excluding tert-OH is 3. The van der Waals surface area contributed by atoms with E-state index in [1.807, 2.05) is 6.08 Å². The molecule has 4 N–H and O–H groups in total. The first kappa shape index (κ1) is 51.1. The molecule has 0 aromatic heterocycles. The molecule has 0 saturated carbocycles. The van der Waals surface area contributed by atoms with Gasteiger partial charge in [0.15, 0.2) is 0 Å². The Labute approximate surface area is 325 Å². The number of nitrogens with one attached hydrogen (secondary N) is 1. The molecule has 5 nitrogen and oxygen atoms in total. The number of carbonyl (C=O) groups is 1. The molecule has 0 aliphatic heterocycles. The van der Waals surface area contributed by atoms with Crippen LogP contribution in [0.1, 0.15) is 258 Å². The molecule has 3 unspecified atom stereocenters. The summed E-state index contributed by atoms with van der Waals surface area (Å²) in [5.74, 6) is -0.311. The molecule has 0 saturated heterocycles. The lowest BCUT2D eigenvalue weighted by atomic mass is 10.0. The smallest absolute Gasteiger partial charge is 0.222 e. The second-order valence-corrected chi connectivity index (χ2v) is 16.4. The van der Waals surface area contributed by atoms with Crippen LogP contribution in [0, 0.1) is 0 Å². The number of allylic oxidation sites excluding steroid dienone is 1. The number of aliphatic hydroxyl groups is 3. The highest BCUT2D eigenvalue weighted by Crippen LogP contribution is 2.17. The lowest BCUT2D eigenvalue weighted by molar-refractivity contribution is -0.124. The van der Waals surface area contributed by atoms with Crippen LogP contribution in [0.5, 0.6) is 0 Å². The van der Waals surface area contributed by atoms with Gasteiger partial charge < -0.3 is 20.6 Å². The average Bonchev–Trinajstić information content (AvgIpc) is 3.14. The number of hydrogen-bond acceptors (Lipinski definition) is 4. The van der Waals surface area contributed by atoms with E-state index in [1.165, 1.54) is 205 Å². The van der Waals surface area contributed by atoms with Crippen LogP contribution in [0.4, 0.5) is 0 Å². The van der Waals surface area contributed by atoms with Crippen LogP contribution in [0.2, 0.25) is 0 Å². The summed E-state index contributed by atoms with van der Waals surface area (Å²) < 4.78 is 0. The van der Waals surface area contributed by atoms with Crippen LogP contribution in [0.15, 0.2) is 12.2 Å². The highest BCUT2D eigenvalue weighted by Gasteiger charge is 2.20. The van der Waals surface area contributed by atoms with Crippen LogP contribution >= 0.6 is 0 Å². The molecule has 3 atom stereocenters. The van der Waals surface area contributed by atoms with Gasteiger partial charge in [-0.25, -0.2) is 0 Å². The number of amides is 1. The van der Waals surface area contributed by atoms with Crippen LogP contribution in [0.25, 0.3) is 0 Å². The first-order valence-electron chi connectivity index (χ1n) is 23.5. The Morgan fingerprint density at radius 1 is 0.481 bits per heavy atom. The Morgan fingerprint density at radius 2 is 0.788 bits per heavy atom. The molecule has 0 heterocycles. The van der Waals surface area contributed by atoms with Crippen LogP contribution in [-0.4, -0.2) is 46.1 Å². The molecule has 5 heteroatoms. The zero-order valence-corrected chi connectivity index (χ0v) is 35.2. The minimum Gasteiger partial charge on any atom is -0.394 e. The minimum atomic E-state index is -0.924. The van der Waals surface area contributed by atoms with Crippen molar-refractivity contribution in [1.29, 1.82) is 0 Å². The SMILES string of the molecule is CCCCCCCCCCCCCCCCCCCCCC/C=C/C(O)C(CO)NC(=O)CC(O)CCCCCCCCCCCCCCCCC. The maximum atomic E-state index is 12.4. The third-order valence-corrected chi connectivity index (χ3v) is 11.1. The highest BCUT2D eigenvalue weighted by molar-refractivity contribution is 5.76. The maximum absolute atomic E-state index is 12.4. The Bertz CT molecular complexity index is 728. The van der Waals surface area contributed by atoms with Crippen molar-refractivity contribution in [1.82, 2.24) is 5.32 Å². The van der Waals surface area contributed by atoms with E-state index < -0.39 is 18.2 Å². The van der Waals surface area contributed by atoms with E-state index in [9.17, 15) is 20.1 Å². The van der Waals surface area contributed by atoms with Gasteiger partial charge in [-0.15, -0.1) is 0 Å². The predicted octanol–water partition coefficient (Wildman–Crippen LogP) is 13.6. The van der Waals surface area contributed by atoms with Gasteiger partial charge in [0.05, 0.1) is 31.3 Å². The lowest BCUT2D eigenvalue weighted by Gasteiger charge is -2.21. The van der Waals surface area contributed by atoms with Gasteiger partial charge in [-0.1, -0.05) is 244 Å². The average molecular weight is 736 g/mol. The van der Waals surface area contributed by atoms with Crippen molar-refractivity contribution in [3.05, 3.63) is 12.2 Å². The molecule has 0 fully saturated rings. The molecular weight excluding hydrogens is 643 g/mol. The second kappa shape index (κ2) is 42.8. The van der Waals surface area contributed by atoms with Crippen molar-refractivity contribution in [2.45, 2.75) is 276 Å². The van der Waals surface area contributed by atoms with Crippen molar-refractivity contribution < 1.29 is 20.1 Å². The number of hydrogen-bond donors (Lipinski definition) is 4. The van der Waals surface area contributed by atoms with Crippen molar-refractivity contribution in [2.75, 3.05) is 6.61 Å². The standard InChI is InChI=1S/C47H93NO4/c1-3-5-7-9-11-13-15-17-19-20-21-22-23-24-25-27-29-31-33-35-37-39-41-46(51)45(43-49)48-47(52)42-44(50)40-38-36-34-32-30-28-26-18-16-14-12-10-8-6-4-2/h39,41,44-46,49-51H,3-38,40,42-43H2,1-2H3,(H,48,52)/b41-39+. The highest BCUT2D eigenvalue weighted by atomic mass is 16.3. The Balaban J connectivity index is 3.60. The lowest BCUT2D eigenvalue weighted by Crippen LogP contribution is -2.45. The molecule has 0 aromatic carbocycles. The van der Waals surface area contributed by atoms with Crippen LogP contribution in [-0.2, 0) is 4.79 Å². The molecule has 310 valence electrons. The fourth-order valence-corrected chi connectivity index (χ4v) is 7.46. The summed E-state index contributed by atoms with van der Waals surface area (Å²) in [6, 6.07) is -0.739. The van der Waals surface area contributed by atoms with E-state index in [1.54, 1.807) is 6.08 Å². The summed E-state index contributed by atoms with van der Waals surface area (Å²) in [5, 5.41) is 33.3. The molecular formula is C47H93NO4. The van der Waals surface area contributed by atoms with Crippen molar-refractivity contribution >= 4 is 5.91 Å². The van der Waals surface area contributed by atoms with E-state index in [0.29, 0.717) is 6.42 Å². The van der Waals surface area contributed by atoms with Crippen molar-refractivity contribution in [3.63, 3.8) is 0 Å². The van der Waals surface area contributed by atoms with Gasteiger partial charge in [-0.3, -0.25) is 4.79 Å². The molecule has 52 heavy (non-hydrogen) atoms. The third kappa shape index (κ3) is 38.8. The van der Waals surface area contributed by atoms with Gasteiger partial charge in [0.1, 0.15) is 0 Å². The van der Waals surface area contributed by atoms with Crippen molar-refractivity contribution in [2.24, 2.45) is 0 Å². The van der Waals surface area contributed by atoms with E-state index in [4.69, 9.17) is 0 Å². The topological polar surface area (TPSA) is 89.8 Å². The van der Waals surface area contributed by atoms with E-state index in [0.717, 1.165) is 25.7 Å². The molecule has 1 amide bonds. The van der Waals surface area contributed by atoms with Gasteiger partial charge in [0.25, 0.3) is 0 Å². The van der Waals surface area contributed by atoms with Crippen LogP contribution in [0.3, 0.4) is 0 Å². The minimum absolute atomic E-state index is 0.0188. The molecule has 0 aromatic rings. The molecule has 0 aliphatic rings. The Kier molecular flexibility index (Phi) is 42.1. The molecule has 0 radical (unpaired) electrons.